The fourth-order valence-corrected chi connectivity index (χ4v) is 3.34. The Bertz CT molecular complexity index is 830. The maximum atomic E-state index is 12.6. The highest BCUT2D eigenvalue weighted by Gasteiger charge is 2.24. The maximum Gasteiger partial charge on any atom is 0.253 e. The van der Waals surface area contributed by atoms with Gasteiger partial charge in [-0.3, -0.25) is 15.4 Å². The summed E-state index contributed by atoms with van der Waals surface area (Å²) >= 11 is 0. The van der Waals surface area contributed by atoms with Crippen molar-refractivity contribution in [2.45, 2.75) is 45.1 Å². The topological polar surface area (TPSA) is 127 Å². The second-order valence-electron chi connectivity index (χ2n) is 7.20. The molecule has 2 aromatic carbocycles. The Balaban J connectivity index is 0.000000537. The molecule has 0 spiro atoms. The van der Waals surface area contributed by atoms with Gasteiger partial charge in [-0.05, 0) is 48.2 Å². The fraction of sp³-hybridized carbons (Fsp3) is 0.364. The molecule has 0 aromatic heterocycles. The van der Waals surface area contributed by atoms with Gasteiger partial charge in [0.05, 0.1) is 11.4 Å². The summed E-state index contributed by atoms with van der Waals surface area (Å²) < 4.78 is 0. The Morgan fingerprint density at radius 1 is 1.07 bits per heavy atom. The number of nitrogen functional groups attached to an aromatic ring is 2. The minimum absolute atomic E-state index is 0.0932. The molecule has 7 heteroatoms. The van der Waals surface area contributed by atoms with E-state index in [0.29, 0.717) is 23.8 Å². The zero-order valence-electron chi connectivity index (χ0n) is 17.2. The van der Waals surface area contributed by atoms with Crippen LogP contribution in [0.2, 0.25) is 0 Å². The lowest BCUT2D eigenvalue weighted by atomic mass is 10.0. The van der Waals surface area contributed by atoms with Crippen LogP contribution in [-0.2, 0) is 4.79 Å². The number of anilines is 2. The number of hydrogen-bond donors (Lipinski definition) is 4. The first-order valence-electron chi connectivity index (χ1n) is 9.89. The Morgan fingerprint density at radius 3 is 2.10 bits per heavy atom. The standard InChI is InChI=1S/C19H24N4O.C3H7NO/c1-23(16-4-2-3-5-16)19(24)14-8-6-13(7-9-14)15-10-11-18(22-21)17(20)12-15;1-2-3(4)5/h6-12,16,22H,2-5,20-21H2,1H3;2H2,1H3,(H2,4,5). The molecule has 156 valence electrons. The lowest BCUT2D eigenvalue weighted by Gasteiger charge is -2.24. The average Bonchev–Trinajstić information content (AvgIpc) is 3.28. The molecule has 1 aliphatic rings. The van der Waals surface area contributed by atoms with E-state index < -0.39 is 0 Å². The van der Waals surface area contributed by atoms with Crippen molar-refractivity contribution >= 4 is 23.2 Å². The highest BCUT2D eigenvalue weighted by molar-refractivity contribution is 5.94. The van der Waals surface area contributed by atoms with Gasteiger partial charge in [0.1, 0.15) is 0 Å². The summed E-state index contributed by atoms with van der Waals surface area (Å²) in [4.78, 5) is 24.1. The predicted octanol–water partition coefficient (Wildman–Crippen LogP) is 3.12. The first kappa shape index (κ1) is 22.2. The van der Waals surface area contributed by atoms with Crippen LogP contribution in [0.15, 0.2) is 42.5 Å². The third-order valence-electron chi connectivity index (χ3n) is 5.21. The quantitative estimate of drug-likeness (QED) is 0.350. The van der Waals surface area contributed by atoms with Crippen LogP contribution in [0.25, 0.3) is 11.1 Å². The summed E-state index contributed by atoms with van der Waals surface area (Å²) in [6.45, 7) is 1.72. The van der Waals surface area contributed by atoms with E-state index in [9.17, 15) is 9.59 Å². The molecule has 2 aromatic rings. The molecule has 0 aliphatic heterocycles. The van der Waals surface area contributed by atoms with E-state index in [0.717, 1.165) is 29.5 Å². The SMILES string of the molecule is CCC(N)=O.CN(C(=O)c1ccc(-c2ccc(NN)c(N)c2)cc1)C1CCCC1. The highest BCUT2D eigenvalue weighted by Crippen LogP contribution is 2.28. The lowest BCUT2D eigenvalue weighted by Crippen LogP contribution is -2.35. The number of benzene rings is 2. The van der Waals surface area contributed by atoms with E-state index in [2.05, 4.69) is 11.2 Å². The Hall–Kier alpha value is -3.06. The fourth-order valence-electron chi connectivity index (χ4n) is 3.34. The van der Waals surface area contributed by atoms with Gasteiger partial charge >= 0.3 is 0 Å². The van der Waals surface area contributed by atoms with Crippen molar-refractivity contribution in [3.05, 3.63) is 48.0 Å². The maximum absolute atomic E-state index is 12.6. The molecule has 0 unspecified atom stereocenters. The molecule has 0 bridgehead atoms. The van der Waals surface area contributed by atoms with Crippen LogP contribution < -0.4 is 22.7 Å². The molecule has 0 radical (unpaired) electrons. The molecule has 1 saturated carbocycles. The van der Waals surface area contributed by atoms with Gasteiger partial charge in [0.15, 0.2) is 0 Å². The van der Waals surface area contributed by atoms with Gasteiger partial charge in [0, 0.05) is 25.1 Å². The van der Waals surface area contributed by atoms with Crippen molar-refractivity contribution in [3.63, 3.8) is 0 Å². The number of hydrogen-bond acceptors (Lipinski definition) is 5. The van der Waals surface area contributed by atoms with Gasteiger partial charge in [0.2, 0.25) is 5.91 Å². The van der Waals surface area contributed by atoms with Gasteiger partial charge in [-0.15, -0.1) is 0 Å². The number of amides is 2. The minimum Gasteiger partial charge on any atom is -0.397 e. The largest absolute Gasteiger partial charge is 0.397 e. The van der Waals surface area contributed by atoms with Crippen LogP contribution in [0.3, 0.4) is 0 Å². The first-order valence-corrected chi connectivity index (χ1v) is 9.89. The van der Waals surface area contributed by atoms with Crippen molar-refractivity contribution < 1.29 is 9.59 Å². The molecule has 7 N–H and O–H groups in total. The van der Waals surface area contributed by atoms with Crippen LogP contribution in [0.5, 0.6) is 0 Å². The number of carbonyl (C=O) groups is 2. The van der Waals surface area contributed by atoms with Crippen LogP contribution in [0, 0.1) is 0 Å². The number of nitrogens with zero attached hydrogens (tertiary/aromatic N) is 1. The zero-order valence-corrected chi connectivity index (χ0v) is 17.2. The molecule has 2 amide bonds. The number of hydrazine groups is 1. The van der Waals surface area contributed by atoms with Gasteiger partial charge in [0.25, 0.3) is 5.91 Å². The van der Waals surface area contributed by atoms with E-state index in [-0.39, 0.29) is 11.8 Å². The van der Waals surface area contributed by atoms with Crippen LogP contribution in [-0.4, -0.2) is 29.8 Å². The second-order valence-corrected chi connectivity index (χ2v) is 7.20. The summed E-state index contributed by atoms with van der Waals surface area (Å²) in [5.41, 5.74) is 17.2. The number of nitrogens with one attached hydrogen (secondary N) is 1. The van der Waals surface area contributed by atoms with Crippen molar-refractivity contribution in [3.8, 4) is 11.1 Å². The van der Waals surface area contributed by atoms with E-state index in [1.54, 1.807) is 6.92 Å². The van der Waals surface area contributed by atoms with E-state index in [1.165, 1.54) is 12.8 Å². The molecular weight excluding hydrogens is 366 g/mol. The normalized spacial score (nSPS) is 13.3. The monoisotopic (exact) mass is 397 g/mol. The molecule has 7 nitrogen and oxygen atoms in total. The molecule has 0 atom stereocenters. The lowest BCUT2D eigenvalue weighted by molar-refractivity contribution is -0.117. The molecule has 1 aliphatic carbocycles. The smallest absolute Gasteiger partial charge is 0.253 e. The van der Waals surface area contributed by atoms with Crippen LogP contribution in [0.4, 0.5) is 11.4 Å². The third kappa shape index (κ3) is 5.96. The van der Waals surface area contributed by atoms with Crippen LogP contribution >= 0.6 is 0 Å². The summed E-state index contributed by atoms with van der Waals surface area (Å²) in [5, 5.41) is 0. The van der Waals surface area contributed by atoms with Gasteiger partial charge in [-0.1, -0.05) is 38.0 Å². The van der Waals surface area contributed by atoms with E-state index in [4.69, 9.17) is 11.6 Å². The van der Waals surface area contributed by atoms with Crippen molar-refractivity contribution in [1.29, 1.82) is 0 Å². The summed E-state index contributed by atoms with van der Waals surface area (Å²) in [7, 11) is 1.91. The number of carbonyl (C=O) groups excluding carboxylic acids is 2. The summed E-state index contributed by atoms with van der Waals surface area (Å²) in [6.07, 6.45) is 5.11. The third-order valence-corrected chi connectivity index (χ3v) is 5.21. The molecular formula is C22H31N5O2. The second kappa shape index (κ2) is 10.5. The predicted molar refractivity (Wildman–Crippen MR) is 118 cm³/mol. The Labute approximate surface area is 172 Å². The van der Waals surface area contributed by atoms with Crippen molar-refractivity contribution in [2.24, 2.45) is 11.6 Å². The Kier molecular flexibility index (Phi) is 8.03. The molecule has 29 heavy (non-hydrogen) atoms. The van der Waals surface area contributed by atoms with Crippen LogP contribution in [0.1, 0.15) is 49.4 Å². The molecule has 0 saturated heterocycles. The Morgan fingerprint density at radius 2 is 1.62 bits per heavy atom. The summed E-state index contributed by atoms with van der Waals surface area (Å²) in [6, 6.07) is 13.7. The number of nitrogens with two attached hydrogens (primary N) is 3. The van der Waals surface area contributed by atoms with Crippen molar-refractivity contribution in [1.82, 2.24) is 4.90 Å². The van der Waals surface area contributed by atoms with Gasteiger partial charge in [-0.2, -0.15) is 0 Å². The highest BCUT2D eigenvalue weighted by atomic mass is 16.2. The van der Waals surface area contributed by atoms with Gasteiger partial charge < -0.3 is 21.8 Å². The van der Waals surface area contributed by atoms with E-state index in [1.807, 2.05) is 54.4 Å². The molecule has 0 heterocycles. The van der Waals surface area contributed by atoms with Crippen molar-refractivity contribution in [2.75, 3.05) is 18.2 Å². The summed E-state index contributed by atoms with van der Waals surface area (Å²) in [5.74, 6) is 5.25. The number of primary amides is 1. The van der Waals surface area contributed by atoms with Gasteiger partial charge in [-0.25, -0.2) is 0 Å². The number of rotatable bonds is 5. The molecule has 1 fully saturated rings. The zero-order chi connectivity index (χ0) is 21.4. The minimum atomic E-state index is -0.245. The molecule has 3 rings (SSSR count). The average molecular weight is 398 g/mol. The first-order chi connectivity index (χ1) is 13.9. The van der Waals surface area contributed by atoms with E-state index >= 15 is 0 Å².